The molecule has 0 saturated carbocycles. The maximum Gasteiger partial charge on any atom is 0.178 e. The summed E-state index contributed by atoms with van der Waals surface area (Å²) < 4.78 is 5.45. The van der Waals surface area contributed by atoms with E-state index < -0.39 is 5.54 Å². The summed E-state index contributed by atoms with van der Waals surface area (Å²) in [4.78, 5) is 23.0. The van der Waals surface area contributed by atoms with Crippen LogP contribution in [0.2, 0.25) is 0 Å². The van der Waals surface area contributed by atoms with Gasteiger partial charge in [0.25, 0.3) is 0 Å². The summed E-state index contributed by atoms with van der Waals surface area (Å²) in [7, 11) is 1.65. The Hall–Kier alpha value is -3.21. The molecule has 24 heavy (non-hydrogen) atoms. The second-order valence-corrected chi connectivity index (χ2v) is 5.97. The molecule has 4 heterocycles. The number of nitrogens with zero attached hydrogens (tertiary/aromatic N) is 3. The number of rotatable bonds is 1. The highest BCUT2D eigenvalue weighted by Crippen LogP contribution is 2.50. The van der Waals surface area contributed by atoms with Crippen LogP contribution in [-0.4, -0.2) is 28.4 Å². The average molecular weight is 315 g/mol. The third-order valence-electron chi connectivity index (χ3n) is 4.78. The molecular weight excluding hydrogens is 302 g/mol. The van der Waals surface area contributed by atoms with Gasteiger partial charge in [0.15, 0.2) is 5.78 Å². The summed E-state index contributed by atoms with van der Waals surface area (Å²) in [6.07, 6.45) is 16.5. The van der Waals surface area contributed by atoms with Crippen molar-refractivity contribution in [2.24, 2.45) is 0 Å². The average Bonchev–Trinajstić information content (AvgIpc) is 2.62. The minimum atomic E-state index is -0.585. The zero-order chi connectivity index (χ0) is 16.3. The van der Waals surface area contributed by atoms with Crippen LogP contribution in [0, 0.1) is 0 Å². The highest BCUT2D eigenvalue weighted by molar-refractivity contribution is 6.16. The number of fused-ring (bicyclic) bond motifs is 2. The third-order valence-corrected chi connectivity index (χ3v) is 4.78. The number of anilines is 1. The van der Waals surface area contributed by atoms with Crippen molar-refractivity contribution in [1.82, 2.24) is 9.97 Å². The van der Waals surface area contributed by atoms with Crippen molar-refractivity contribution in [2.75, 3.05) is 12.0 Å². The van der Waals surface area contributed by atoms with E-state index in [0.29, 0.717) is 0 Å². The number of carbonyl (C=O) groups is 1. The number of pyridine rings is 2. The molecule has 5 nitrogen and oxygen atoms in total. The van der Waals surface area contributed by atoms with Crippen molar-refractivity contribution in [2.45, 2.75) is 5.54 Å². The topological polar surface area (TPSA) is 55.3 Å². The molecule has 0 saturated heterocycles. The highest BCUT2D eigenvalue weighted by atomic mass is 16.5. The van der Waals surface area contributed by atoms with Crippen molar-refractivity contribution in [3.8, 4) is 0 Å². The molecule has 1 aliphatic carbocycles. The van der Waals surface area contributed by atoms with Gasteiger partial charge >= 0.3 is 0 Å². The maximum atomic E-state index is 12.1. The maximum absolute atomic E-state index is 12.1. The molecule has 0 N–H and O–H groups in total. The van der Waals surface area contributed by atoms with E-state index in [9.17, 15) is 4.79 Å². The molecule has 5 rings (SSSR count). The lowest BCUT2D eigenvalue weighted by atomic mass is 9.74. The van der Waals surface area contributed by atoms with Crippen LogP contribution < -0.4 is 4.90 Å². The van der Waals surface area contributed by atoms with E-state index in [0.717, 1.165) is 33.5 Å². The van der Waals surface area contributed by atoms with Crippen LogP contribution in [0.5, 0.6) is 0 Å². The number of hydrogen-bond acceptors (Lipinski definition) is 5. The molecule has 0 bridgehead atoms. The van der Waals surface area contributed by atoms with Gasteiger partial charge in [-0.3, -0.25) is 14.8 Å². The largest absolute Gasteiger partial charge is 0.497 e. The van der Waals surface area contributed by atoms with Gasteiger partial charge in [-0.15, -0.1) is 0 Å². The molecule has 1 atom stereocenters. The number of aromatic nitrogens is 2. The molecule has 0 radical (unpaired) electrons. The molecular formula is C19H13N3O2. The number of allylic oxidation sites excluding steroid dienone is 3. The van der Waals surface area contributed by atoms with E-state index in [-0.39, 0.29) is 5.78 Å². The Morgan fingerprint density at radius 2 is 2.17 bits per heavy atom. The fourth-order valence-electron chi connectivity index (χ4n) is 3.74. The zero-order valence-electron chi connectivity index (χ0n) is 12.9. The smallest absolute Gasteiger partial charge is 0.178 e. The van der Waals surface area contributed by atoms with Gasteiger partial charge in [0.1, 0.15) is 11.3 Å². The van der Waals surface area contributed by atoms with Crippen LogP contribution in [0.15, 0.2) is 67.0 Å². The van der Waals surface area contributed by atoms with Crippen molar-refractivity contribution in [1.29, 1.82) is 0 Å². The fourth-order valence-corrected chi connectivity index (χ4v) is 3.74. The normalized spacial score (nSPS) is 23.5. The van der Waals surface area contributed by atoms with E-state index in [1.54, 1.807) is 31.7 Å². The van der Waals surface area contributed by atoms with E-state index in [4.69, 9.17) is 4.74 Å². The number of ketones is 1. The number of methoxy groups -OCH3 is 1. The van der Waals surface area contributed by atoms with Crippen LogP contribution in [0.4, 0.5) is 5.69 Å². The van der Waals surface area contributed by atoms with Crippen LogP contribution in [0.1, 0.15) is 5.56 Å². The summed E-state index contributed by atoms with van der Waals surface area (Å²) in [5.41, 5.74) is 3.14. The minimum absolute atomic E-state index is 0.0139. The van der Waals surface area contributed by atoms with Crippen molar-refractivity contribution in [3.05, 3.63) is 72.6 Å². The summed E-state index contributed by atoms with van der Waals surface area (Å²) in [5.74, 6) is 0.744. The molecule has 1 spiro atoms. The van der Waals surface area contributed by atoms with Crippen LogP contribution >= 0.6 is 0 Å². The Morgan fingerprint density at radius 1 is 1.25 bits per heavy atom. The van der Waals surface area contributed by atoms with Crippen LogP contribution in [-0.2, 0) is 9.53 Å². The molecule has 2 aromatic heterocycles. The van der Waals surface area contributed by atoms with Crippen molar-refractivity contribution < 1.29 is 9.53 Å². The standard InChI is InChI=1S/C19H13N3O2/c1-24-13-4-7-22-17-11-20-10-16-18(17)14(3-6-21-16)15-8-12(23)2-5-19(15,22)9-13/h2-11H,1H3. The summed E-state index contributed by atoms with van der Waals surface area (Å²) in [6.45, 7) is 0. The predicted octanol–water partition coefficient (Wildman–Crippen LogP) is 2.77. The molecule has 2 aromatic rings. The molecule has 2 aliphatic heterocycles. The third kappa shape index (κ3) is 1.51. The summed E-state index contributed by atoms with van der Waals surface area (Å²) >= 11 is 0. The molecule has 116 valence electrons. The molecule has 0 amide bonds. The Morgan fingerprint density at radius 3 is 3.04 bits per heavy atom. The zero-order valence-corrected chi connectivity index (χ0v) is 12.9. The van der Waals surface area contributed by atoms with E-state index in [2.05, 4.69) is 14.9 Å². The molecule has 3 aliphatic rings. The minimum Gasteiger partial charge on any atom is -0.497 e. The number of ether oxygens (including phenoxy) is 1. The monoisotopic (exact) mass is 315 g/mol. The van der Waals surface area contributed by atoms with Crippen LogP contribution in [0.25, 0.3) is 16.5 Å². The molecule has 5 heteroatoms. The molecule has 0 aromatic carbocycles. The summed E-state index contributed by atoms with van der Waals surface area (Å²) in [5, 5.41) is 1.01. The number of hydrogen-bond donors (Lipinski definition) is 0. The highest BCUT2D eigenvalue weighted by Gasteiger charge is 2.45. The second-order valence-electron chi connectivity index (χ2n) is 5.97. The van der Waals surface area contributed by atoms with Crippen molar-refractivity contribution in [3.63, 3.8) is 0 Å². The van der Waals surface area contributed by atoms with Gasteiger partial charge < -0.3 is 9.64 Å². The fraction of sp³-hybridized carbons (Fsp3) is 0.105. The Labute approximate surface area is 138 Å². The Kier molecular flexibility index (Phi) is 2.44. The van der Waals surface area contributed by atoms with Gasteiger partial charge in [0.2, 0.25) is 0 Å². The Bertz CT molecular complexity index is 1030. The SMILES string of the molecule is COC1=CC23C=CC(=O)C=C2c2ccnc4cncc(c24)N3C=C1. The van der Waals surface area contributed by atoms with E-state index in [1.165, 1.54) is 0 Å². The lowest BCUT2D eigenvalue weighted by molar-refractivity contribution is -0.110. The van der Waals surface area contributed by atoms with Gasteiger partial charge in [-0.1, -0.05) is 0 Å². The van der Waals surface area contributed by atoms with Gasteiger partial charge in [-0.05, 0) is 47.6 Å². The quantitative estimate of drug-likeness (QED) is 0.810. The van der Waals surface area contributed by atoms with Gasteiger partial charge in [0, 0.05) is 17.8 Å². The van der Waals surface area contributed by atoms with E-state index >= 15 is 0 Å². The first-order valence-electron chi connectivity index (χ1n) is 7.66. The van der Waals surface area contributed by atoms with Gasteiger partial charge in [0.05, 0.1) is 30.7 Å². The predicted molar refractivity (Wildman–Crippen MR) is 91.1 cm³/mol. The lowest BCUT2D eigenvalue weighted by Gasteiger charge is -2.47. The first-order chi connectivity index (χ1) is 11.7. The van der Waals surface area contributed by atoms with E-state index in [1.807, 2.05) is 36.7 Å². The first kappa shape index (κ1) is 13.2. The van der Waals surface area contributed by atoms with Crippen LogP contribution in [0.3, 0.4) is 0 Å². The van der Waals surface area contributed by atoms with Gasteiger partial charge in [-0.2, -0.15) is 0 Å². The van der Waals surface area contributed by atoms with Gasteiger partial charge in [-0.25, -0.2) is 0 Å². The lowest BCUT2D eigenvalue weighted by Crippen LogP contribution is -2.49. The van der Waals surface area contributed by atoms with Crippen molar-refractivity contribution >= 4 is 27.9 Å². The number of carbonyl (C=O) groups excluding carboxylic acids is 1. The second kappa shape index (κ2) is 4.41. The first-order valence-corrected chi connectivity index (χ1v) is 7.66. The molecule has 1 unspecified atom stereocenters. The summed E-state index contributed by atoms with van der Waals surface area (Å²) in [6, 6.07) is 1.96. The molecule has 0 fully saturated rings. The Balaban J connectivity index is 1.93.